The van der Waals surface area contributed by atoms with Crippen molar-refractivity contribution in [1.82, 2.24) is 0 Å². The first-order valence-electron chi connectivity index (χ1n) is 3.90. The van der Waals surface area contributed by atoms with Crippen LogP contribution in [0.1, 0.15) is 15.9 Å². The van der Waals surface area contributed by atoms with Gasteiger partial charge in [-0.1, -0.05) is 29.8 Å². The molecule has 0 fully saturated rings. The van der Waals surface area contributed by atoms with E-state index in [1.807, 2.05) is 0 Å². The number of halogens is 2. The van der Waals surface area contributed by atoms with E-state index in [0.717, 1.165) is 5.56 Å². The molecular weight excluding hydrogens is 223 g/mol. The number of carboxylic acids is 1. The van der Waals surface area contributed by atoms with Crippen molar-refractivity contribution in [2.24, 2.45) is 0 Å². The highest BCUT2D eigenvalue weighted by Gasteiger charge is 2.07. The van der Waals surface area contributed by atoms with E-state index >= 15 is 0 Å². The Balaban J connectivity index is 3.06. The monoisotopic (exact) mass is 230 g/mol. The summed E-state index contributed by atoms with van der Waals surface area (Å²) in [7, 11) is 0. The van der Waals surface area contributed by atoms with Gasteiger partial charge in [-0.05, 0) is 17.7 Å². The molecule has 1 N–H and O–H groups in total. The maximum Gasteiger partial charge on any atom is 0.337 e. The number of alkyl halides is 1. The quantitative estimate of drug-likeness (QED) is 0.810. The van der Waals surface area contributed by atoms with Gasteiger partial charge in [0.1, 0.15) is 0 Å². The second kappa shape index (κ2) is 5.03. The summed E-state index contributed by atoms with van der Waals surface area (Å²) >= 11 is 11.2. The second-order valence-electron chi connectivity index (χ2n) is 2.60. The number of aromatic carboxylic acids is 1. The van der Waals surface area contributed by atoms with Crippen LogP contribution in [0, 0.1) is 0 Å². The van der Waals surface area contributed by atoms with Gasteiger partial charge in [0.15, 0.2) is 0 Å². The molecule has 0 saturated heterocycles. The summed E-state index contributed by atoms with van der Waals surface area (Å²) in [5.41, 5.74) is 0.871. The molecule has 0 aliphatic heterocycles. The van der Waals surface area contributed by atoms with Gasteiger partial charge in [-0.3, -0.25) is 0 Å². The first-order chi connectivity index (χ1) is 6.65. The van der Waals surface area contributed by atoms with E-state index in [-0.39, 0.29) is 10.6 Å². The summed E-state index contributed by atoms with van der Waals surface area (Å²) in [6.07, 6.45) is 3.48. The molecule has 14 heavy (non-hydrogen) atoms. The zero-order chi connectivity index (χ0) is 10.6. The van der Waals surface area contributed by atoms with Gasteiger partial charge in [0.25, 0.3) is 0 Å². The lowest BCUT2D eigenvalue weighted by atomic mass is 10.1. The molecule has 1 aromatic rings. The van der Waals surface area contributed by atoms with Crippen LogP contribution in [0.5, 0.6) is 0 Å². The fourth-order valence-electron chi connectivity index (χ4n) is 0.991. The lowest BCUT2D eigenvalue weighted by molar-refractivity contribution is 0.0697. The Kier molecular flexibility index (Phi) is 3.98. The van der Waals surface area contributed by atoms with Gasteiger partial charge >= 0.3 is 5.97 Å². The van der Waals surface area contributed by atoms with Crippen molar-refractivity contribution in [2.75, 3.05) is 5.88 Å². The molecule has 1 aromatic carbocycles. The molecule has 74 valence electrons. The van der Waals surface area contributed by atoms with Crippen LogP contribution >= 0.6 is 23.2 Å². The van der Waals surface area contributed by atoms with E-state index in [9.17, 15) is 4.79 Å². The summed E-state index contributed by atoms with van der Waals surface area (Å²) in [5.74, 6) is -0.637. The Labute approximate surface area is 91.8 Å². The van der Waals surface area contributed by atoms with Crippen molar-refractivity contribution < 1.29 is 9.90 Å². The Bertz CT molecular complexity index is 372. The molecule has 0 aliphatic carbocycles. The van der Waals surface area contributed by atoms with E-state index in [1.165, 1.54) is 6.07 Å². The number of hydrogen-bond acceptors (Lipinski definition) is 1. The third-order valence-corrected chi connectivity index (χ3v) is 2.13. The summed E-state index contributed by atoms with van der Waals surface area (Å²) in [4.78, 5) is 10.7. The van der Waals surface area contributed by atoms with Crippen LogP contribution in [0.4, 0.5) is 0 Å². The molecule has 0 radical (unpaired) electrons. The Hall–Kier alpha value is -0.990. The number of allylic oxidation sites excluding steroid dienone is 1. The molecule has 1 rings (SSSR count). The molecule has 0 saturated carbocycles. The lowest BCUT2D eigenvalue weighted by Crippen LogP contribution is -1.97. The summed E-state index contributed by atoms with van der Waals surface area (Å²) in [6.45, 7) is 0. The third-order valence-electron chi connectivity index (χ3n) is 1.62. The summed E-state index contributed by atoms with van der Waals surface area (Å²) in [6, 6.07) is 4.80. The fourth-order valence-corrected chi connectivity index (χ4v) is 1.28. The topological polar surface area (TPSA) is 37.3 Å². The van der Waals surface area contributed by atoms with Gasteiger partial charge in [-0.25, -0.2) is 4.79 Å². The van der Waals surface area contributed by atoms with Crippen molar-refractivity contribution in [3.8, 4) is 0 Å². The first-order valence-corrected chi connectivity index (χ1v) is 4.81. The molecule has 0 aliphatic rings. The Morgan fingerprint density at radius 2 is 2.21 bits per heavy atom. The Morgan fingerprint density at radius 3 is 2.79 bits per heavy atom. The molecule has 0 heterocycles. The standard InChI is InChI=1S/C10H8Cl2O2/c11-5-1-2-7-3-4-9(12)8(6-7)10(13)14/h1-4,6H,5H2,(H,13,14). The minimum Gasteiger partial charge on any atom is -0.478 e. The number of carbonyl (C=O) groups is 1. The van der Waals surface area contributed by atoms with E-state index in [1.54, 1.807) is 24.3 Å². The first kappa shape index (κ1) is 11.1. The molecule has 0 bridgehead atoms. The maximum atomic E-state index is 10.7. The number of carboxylic acid groups (broad SMARTS) is 1. The summed E-state index contributed by atoms with van der Waals surface area (Å²) < 4.78 is 0. The van der Waals surface area contributed by atoms with Crippen LogP contribution in [-0.4, -0.2) is 17.0 Å². The smallest absolute Gasteiger partial charge is 0.337 e. The largest absolute Gasteiger partial charge is 0.478 e. The van der Waals surface area contributed by atoms with Crippen LogP contribution in [-0.2, 0) is 0 Å². The van der Waals surface area contributed by atoms with Crippen LogP contribution in [0.15, 0.2) is 24.3 Å². The number of hydrogen-bond donors (Lipinski definition) is 1. The van der Waals surface area contributed by atoms with Gasteiger partial charge in [0.05, 0.1) is 10.6 Å². The van der Waals surface area contributed by atoms with Crippen molar-refractivity contribution in [2.45, 2.75) is 0 Å². The fraction of sp³-hybridized carbons (Fsp3) is 0.100. The molecule has 0 atom stereocenters. The number of rotatable bonds is 3. The predicted molar refractivity (Wildman–Crippen MR) is 58.2 cm³/mol. The molecule has 0 aromatic heterocycles. The van der Waals surface area contributed by atoms with Gasteiger partial charge < -0.3 is 5.11 Å². The molecule has 4 heteroatoms. The van der Waals surface area contributed by atoms with Crippen LogP contribution in [0.25, 0.3) is 6.08 Å². The highest BCUT2D eigenvalue weighted by molar-refractivity contribution is 6.33. The molecule has 2 nitrogen and oxygen atoms in total. The van der Waals surface area contributed by atoms with Gasteiger partial charge in [-0.15, -0.1) is 11.6 Å². The van der Waals surface area contributed by atoms with Gasteiger partial charge in [0.2, 0.25) is 0 Å². The molecule has 0 spiro atoms. The molecular formula is C10H8Cl2O2. The van der Waals surface area contributed by atoms with Crippen LogP contribution in [0.2, 0.25) is 5.02 Å². The Morgan fingerprint density at radius 1 is 1.50 bits per heavy atom. The minimum absolute atomic E-state index is 0.100. The number of benzene rings is 1. The van der Waals surface area contributed by atoms with Crippen LogP contribution < -0.4 is 0 Å². The van der Waals surface area contributed by atoms with E-state index in [0.29, 0.717) is 5.88 Å². The molecule has 0 unspecified atom stereocenters. The van der Waals surface area contributed by atoms with E-state index in [4.69, 9.17) is 28.3 Å². The predicted octanol–water partition coefficient (Wildman–Crippen LogP) is 3.29. The maximum absolute atomic E-state index is 10.7. The minimum atomic E-state index is -1.03. The average molecular weight is 231 g/mol. The lowest BCUT2D eigenvalue weighted by Gasteiger charge is -1.99. The second-order valence-corrected chi connectivity index (χ2v) is 3.32. The highest BCUT2D eigenvalue weighted by atomic mass is 35.5. The zero-order valence-electron chi connectivity index (χ0n) is 7.21. The van der Waals surface area contributed by atoms with Gasteiger partial charge in [0, 0.05) is 5.88 Å². The summed E-state index contributed by atoms with van der Waals surface area (Å²) in [5, 5.41) is 9.02. The zero-order valence-corrected chi connectivity index (χ0v) is 8.72. The van der Waals surface area contributed by atoms with Crippen molar-refractivity contribution in [3.63, 3.8) is 0 Å². The van der Waals surface area contributed by atoms with Crippen molar-refractivity contribution >= 4 is 35.2 Å². The van der Waals surface area contributed by atoms with Crippen LogP contribution in [0.3, 0.4) is 0 Å². The van der Waals surface area contributed by atoms with E-state index in [2.05, 4.69) is 0 Å². The normalized spacial score (nSPS) is 10.7. The van der Waals surface area contributed by atoms with Crippen molar-refractivity contribution in [1.29, 1.82) is 0 Å². The van der Waals surface area contributed by atoms with Gasteiger partial charge in [-0.2, -0.15) is 0 Å². The SMILES string of the molecule is O=C(O)c1cc(C=CCCl)ccc1Cl. The highest BCUT2D eigenvalue weighted by Crippen LogP contribution is 2.18. The molecule has 0 amide bonds. The van der Waals surface area contributed by atoms with Crippen molar-refractivity contribution in [3.05, 3.63) is 40.4 Å². The third kappa shape index (κ3) is 2.76. The van der Waals surface area contributed by atoms with E-state index < -0.39 is 5.97 Å². The average Bonchev–Trinajstić information content (AvgIpc) is 2.16.